The number of hydrogen-bond acceptors (Lipinski definition) is 4. The van der Waals surface area contributed by atoms with Crippen LogP contribution in [0.2, 0.25) is 0 Å². The van der Waals surface area contributed by atoms with Gasteiger partial charge in [0.1, 0.15) is 5.01 Å². The second kappa shape index (κ2) is 8.63. The van der Waals surface area contributed by atoms with Crippen LogP contribution in [0.5, 0.6) is 0 Å². The zero-order chi connectivity index (χ0) is 14.5. The lowest BCUT2D eigenvalue weighted by Gasteiger charge is -2.27. The summed E-state index contributed by atoms with van der Waals surface area (Å²) in [6, 6.07) is 11.1. The highest BCUT2D eigenvalue weighted by molar-refractivity contribution is 7.13. The van der Waals surface area contributed by atoms with Gasteiger partial charge in [-0.2, -0.15) is 0 Å². The van der Waals surface area contributed by atoms with Gasteiger partial charge in [0.15, 0.2) is 0 Å². The highest BCUT2D eigenvalue weighted by Gasteiger charge is 2.22. The summed E-state index contributed by atoms with van der Waals surface area (Å²) in [6.45, 7) is 6.66. The van der Waals surface area contributed by atoms with Crippen LogP contribution in [0.15, 0.2) is 35.7 Å². The smallest absolute Gasteiger partial charge is 0.123 e. The van der Waals surface area contributed by atoms with E-state index in [-0.39, 0.29) is 12.4 Å². The lowest BCUT2D eigenvalue weighted by atomic mass is 10.2. The van der Waals surface area contributed by atoms with Crippen LogP contribution in [0.4, 0.5) is 0 Å². The Morgan fingerprint density at radius 2 is 2.14 bits per heavy atom. The third kappa shape index (κ3) is 4.29. The van der Waals surface area contributed by atoms with Crippen molar-refractivity contribution in [2.45, 2.75) is 32.4 Å². The summed E-state index contributed by atoms with van der Waals surface area (Å²) in [7, 11) is 0. The van der Waals surface area contributed by atoms with Gasteiger partial charge in [0.2, 0.25) is 0 Å². The molecule has 1 aliphatic heterocycles. The molecule has 1 aromatic carbocycles. The number of benzene rings is 1. The molecule has 3 nitrogen and oxygen atoms in total. The minimum absolute atomic E-state index is 0. The molecule has 1 aliphatic rings. The van der Waals surface area contributed by atoms with Gasteiger partial charge < -0.3 is 5.32 Å². The fraction of sp³-hybridized carbons (Fsp3) is 0.471. The van der Waals surface area contributed by atoms with Gasteiger partial charge >= 0.3 is 0 Å². The van der Waals surface area contributed by atoms with Crippen LogP contribution in [0.1, 0.15) is 25.5 Å². The first kappa shape index (κ1) is 17.4. The molecular formula is C17H24ClN3S. The molecule has 0 radical (unpaired) electrons. The van der Waals surface area contributed by atoms with Crippen molar-refractivity contribution in [2.75, 3.05) is 19.6 Å². The quantitative estimate of drug-likeness (QED) is 0.868. The van der Waals surface area contributed by atoms with Crippen LogP contribution in [0.25, 0.3) is 10.6 Å². The van der Waals surface area contributed by atoms with Crippen molar-refractivity contribution in [3.63, 3.8) is 0 Å². The van der Waals surface area contributed by atoms with Gasteiger partial charge in [-0.25, -0.2) is 4.98 Å². The molecule has 1 N–H and O–H groups in total. The van der Waals surface area contributed by atoms with Crippen LogP contribution in [0, 0.1) is 0 Å². The Morgan fingerprint density at radius 3 is 2.82 bits per heavy atom. The average molecular weight is 338 g/mol. The number of nitrogens with one attached hydrogen (secondary N) is 1. The molecule has 120 valence electrons. The molecule has 0 bridgehead atoms. The fourth-order valence-electron chi connectivity index (χ4n) is 2.93. The third-order valence-corrected chi connectivity index (χ3v) is 4.94. The zero-order valence-electron chi connectivity index (χ0n) is 13.0. The van der Waals surface area contributed by atoms with Crippen LogP contribution < -0.4 is 5.32 Å². The maximum absolute atomic E-state index is 4.83. The van der Waals surface area contributed by atoms with E-state index in [1.54, 1.807) is 11.3 Å². The molecule has 2 aromatic rings. The molecule has 0 saturated carbocycles. The van der Waals surface area contributed by atoms with Crippen LogP contribution in [-0.4, -0.2) is 35.6 Å². The minimum atomic E-state index is 0. The van der Waals surface area contributed by atoms with E-state index in [0.29, 0.717) is 6.04 Å². The minimum Gasteiger partial charge on any atom is -0.315 e. The maximum Gasteiger partial charge on any atom is 0.123 e. The van der Waals surface area contributed by atoms with E-state index in [2.05, 4.69) is 46.8 Å². The van der Waals surface area contributed by atoms with Crippen molar-refractivity contribution in [1.82, 2.24) is 15.2 Å². The van der Waals surface area contributed by atoms with Gasteiger partial charge in [-0.15, -0.1) is 23.7 Å². The predicted octanol–water partition coefficient (Wildman–Crippen LogP) is 3.81. The first-order valence-electron chi connectivity index (χ1n) is 7.81. The standard InChI is InChI=1S/C17H23N3S.ClH/c1-2-10-20(16-8-9-18-11-16)12-15-13-21-17(19-15)14-6-4-3-5-7-14;/h3-7,13,16,18H,2,8-12H2,1H3;1H. The number of rotatable bonds is 6. The molecule has 0 spiro atoms. The predicted molar refractivity (Wildman–Crippen MR) is 96.8 cm³/mol. The van der Waals surface area contributed by atoms with Crippen LogP contribution >= 0.6 is 23.7 Å². The summed E-state index contributed by atoms with van der Waals surface area (Å²) in [5, 5.41) is 6.82. The van der Waals surface area contributed by atoms with E-state index < -0.39 is 0 Å². The van der Waals surface area contributed by atoms with Gasteiger partial charge in [-0.3, -0.25) is 4.90 Å². The Labute approximate surface area is 143 Å². The van der Waals surface area contributed by atoms with Crippen LogP contribution in [-0.2, 0) is 6.54 Å². The molecule has 0 aliphatic carbocycles. The average Bonchev–Trinajstić information content (AvgIpc) is 3.19. The number of aromatic nitrogens is 1. The first-order chi connectivity index (χ1) is 10.4. The third-order valence-electron chi connectivity index (χ3n) is 4.00. The number of hydrogen-bond donors (Lipinski definition) is 1. The summed E-state index contributed by atoms with van der Waals surface area (Å²) >= 11 is 1.75. The van der Waals surface area contributed by atoms with E-state index in [4.69, 9.17) is 4.98 Å². The summed E-state index contributed by atoms with van der Waals surface area (Å²) in [6.07, 6.45) is 2.46. The monoisotopic (exact) mass is 337 g/mol. The maximum atomic E-state index is 4.83. The summed E-state index contributed by atoms with van der Waals surface area (Å²) in [5.41, 5.74) is 2.43. The number of halogens is 1. The van der Waals surface area contributed by atoms with E-state index >= 15 is 0 Å². The van der Waals surface area contributed by atoms with Crippen molar-refractivity contribution in [3.05, 3.63) is 41.4 Å². The highest BCUT2D eigenvalue weighted by Crippen LogP contribution is 2.24. The molecule has 0 amide bonds. The molecular weight excluding hydrogens is 314 g/mol. The van der Waals surface area contributed by atoms with Crippen molar-refractivity contribution in [2.24, 2.45) is 0 Å². The van der Waals surface area contributed by atoms with Crippen LogP contribution in [0.3, 0.4) is 0 Å². The number of thiazole rings is 1. The molecule has 2 heterocycles. The van der Waals surface area contributed by atoms with Gasteiger partial charge in [0, 0.05) is 30.1 Å². The second-order valence-corrected chi connectivity index (χ2v) is 6.49. The SMILES string of the molecule is CCCN(Cc1csc(-c2ccccc2)n1)C1CCNC1.Cl. The van der Waals surface area contributed by atoms with Crippen molar-refractivity contribution in [1.29, 1.82) is 0 Å². The largest absolute Gasteiger partial charge is 0.315 e. The van der Waals surface area contributed by atoms with Crippen molar-refractivity contribution in [3.8, 4) is 10.6 Å². The molecule has 1 atom stereocenters. The van der Waals surface area contributed by atoms with Gasteiger partial charge in [0.05, 0.1) is 5.69 Å². The Balaban J connectivity index is 0.00000176. The first-order valence-corrected chi connectivity index (χ1v) is 8.69. The Bertz CT molecular complexity index is 552. The zero-order valence-corrected chi connectivity index (χ0v) is 14.6. The second-order valence-electron chi connectivity index (χ2n) is 5.63. The topological polar surface area (TPSA) is 28.2 Å². The summed E-state index contributed by atoms with van der Waals surface area (Å²) in [4.78, 5) is 7.42. The van der Waals surface area contributed by atoms with Gasteiger partial charge in [0.25, 0.3) is 0 Å². The molecule has 3 rings (SSSR count). The molecule has 1 fully saturated rings. The van der Waals surface area contributed by atoms with E-state index in [1.165, 1.54) is 24.1 Å². The molecule has 1 aromatic heterocycles. The Kier molecular flexibility index (Phi) is 6.83. The Morgan fingerprint density at radius 1 is 1.32 bits per heavy atom. The summed E-state index contributed by atoms with van der Waals surface area (Å²) in [5.74, 6) is 0. The number of nitrogens with zero attached hydrogens (tertiary/aromatic N) is 2. The fourth-order valence-corrected chi connectivity index (χ4v) is 3.75. The van der Waals surface area contributed by atoms with E-state index in [9.17, 15) is 0 Å². The Hall–Kier alpha value is -0.940. The van der Waals surface area contributed by atoms with E-state index in [1.807, 2.05) is 6.07 Å². The van der Waals surface area contributed by atoms with E-state index in [0.717, 1.165) is 31.2 Å². The molecule has 1 unspecified atom stereocenters. The molecule has 5 heteroatoms. The van der Waals surface area contributed by atoms with Crippen molar-refractivity contribution < 1.29 is 0 Å². The lowest BCUT2D eigenvalue weighted by molar-refractivity contribution is 0.197. The highest BCUT2D eigenvalue weighted by atomic mass is 35.5. The normalized spacial score (nSPS) is 17.6. The lowest BCUT2D eigenvalue weighted by Crippen LogP contribution is -2.37. The van der Waals surface area contributed by atoms with Gasteiger partial charge in [-0.1, -0.05) is 37.3 Å². The van der Waals surface area contributed by atoms with Crippen molar-refractivity contribution >= 4 is 23.7 Å². The molecule has 22 heavy (non-hydrogen) atoms. The van der Waals surface area contributed by atoms with Gasteiger partial charge in [-0.05, 0) is 25.9 Å². The molecule has 1 saturated heterocycles. The summed E-state index contributed by atoms with van der Waals surface area (Å²) < 4.78 is 0.